The van der Waals surface area contributed by atoms with Gasteiger partial charge in [-0.25, -0.2) is 58.9 Å². The van der Waals surface area contributed by atoms with Crippen molar-refractivity contribution in [1.82, 2.24) is 0 Å². The molecule has 1 rings (SSSR count). The van der Waals surface area contributed by atoms with Gasteiger partial charge in [-0.1, -0.05) is 365 Å². The van der Waals surface area contributed by atoms with Crippen LogP contribution in [0.25, 0.3) is 0 Å². The maximum absolute atomic E-state index is 12.5. The van der Waals surface area contributed by atoms with Gasteiger partial charge in [0, 0.05) is 18.6 Å². The molecule has 0 amide bonds. The Hall–Kier alpha value is -1.73. The minimum atomic E-state index is -3.14. The first kappa shape index (κ1) is 148. The van der Waals surface area contributed by atoms with E-state index in [1.54, 1.807) is 83.1 Å². The molecule has 0 heterocycles. The highest BCUT2D eigenvalue weighted by atomic mass is 32.2. The summed E-state index contributed by atoms with van der Waals surface area (Å²) in [5.41, 5.74) is 3.61. The number of hydrogen-bond donors (Lipinski definition) is 0. The summed E-state index contributed by atoms with van der Waals surface area (Å²) < 4.78 is 179. The molecular weight excluding hydrogens is 1870 g/mol. The van der Waals surface area contributed by atoms with Gasteiger partial charge in [0.05, 0.1) is 89.7 Å². The molecule has 0 N–H and O–H groups in total. The van der Waals surface area contributed by atoms with Crippen molar-refractivity contribution in [3.63, 3.8) is 0 Å². The van der Waals surface area contributed by atoms with Crippen molar-refractivity contribution < 1.29 is 68.4 Å². The Morgan fingerprint density at radius 3 is 0.813 bits per heavy atom. The second-order valence-corrected chi connectivity index (χ2v) is 77.6. The smallest absolute Gasteiger partial charge is 0.156 e. The van der Waals surface area contributed by atoms with E-state index in [-0.39, 0.29) is 112 Å². The zero-order valence-electron chi connectivity index (χ0n) is 101. The van der Waals surface area contributed by atoms with Crippen molar-refractivity contribution >= 4 is 68.9 Å². The van der Waals surface area contributed by atoms with Crippen molar-refractivity contribution in [1.29, 1.82) is 0 Å². The summed E-state index contributed by atoms with van der Waals surface area (Å²) in [5.74, 6) is 3.30. The Bertz CT molecular complexity index is 4290. The van der Waals surface area contributed by atoms with E-state index < -0.39 is 87.8 Å². The predicted octanol–water partition coefficient (Wildman–Crippen LogP) is 31.7. The molecule has 23 heteroatoms. The zero-order chi connectivity index (χ0) is 112. The monoisotopic (exact) mass is 2110 g/mol. The van der Waals surface area contributed by atoms with E-state index in [9.17, 15) is 58.9 Å². The van der Waals surface area contributed by atoms with Gasteiger partial charge in [-0.15, -0.1) is 0 Å². The van der Waals surface area contributed by atoms with E-state index >= 15 is 0 Å². The molecule has 0 saturated carbocycles. The summed E-state index contributed by atoms with van der Waals surface area (Å²) in [6.45, 7) is 111. The second kappa shape index (κ2) is 59.2. The fraction of sp³-hybridized carbons (Fsp3) is 0.914. The van der Waals surface area contributed by atoms with E-state index in [0.29, 0.717) is 71.9 Å². The van der Waals surface area contributed by atoms with E-state index in [0.717, 1.165) is 89.2 Å². The van der Waals surface area contributed by atoms with Crippen molar-refractivity contribution in [3.05, 3.63) is 59.7 Å². The van der Waals surface area contributed by atoms with Crippen molar-refractivity contribution in [2.24, 2.45) is 88.1 Å². The van der Waals surface area contributed by atoms with Crippen LogP contribution in [-0.4, -0.2) is 162 Å². The van der Waals surface area contributed by atoms with E-state index in [1.165, 1.54) is 31.2 Å². The van der Waals surface area contributed by atoms with Crippen LogP contribution in [0.1, 0.15) is 487 Å². The molecule has 16 nitrogen and oxygen atoms in total. The van der Waals surface area contributed by atoms with Gasteiger partial charge in [-0.3, -0.25) is 0 Å². The molecule has 0 fully saturated rings. The second-order valence-electron chi connectivity index (χ2n) is 59.9. The van der Waals surface area contributed by atoms with Crippen LogP contribution in [0.5, 0.6) is 0 Å². The molecule has 1 aromatic rings. The number of benzene rings is 1. The summed E-state index contributed by atoms with van der Waals surface area (Å²) in [7, 11) is -21.0. The van der Waals surface area contributed by atoms with Gasteiger partial charge in [0.2, 0.25) is 0 Å². The SMILES string of the molecule is CC(C)(C)C/C=C/CCC(C)(C)CS(=O)(=O)C(C)(C)C.CC(C)(C)CCCCCC(C)(C)CS(=O)(=O)C(C)(C)C.CC(C)(C)COCCCC(C)(C)CS(=O)(=O)C(C)(C)C.CC(C)(C)Cc1ccc(C(C)(C)CS(=O)(=O)C(C)(C)C)cc1.CC(CS(=O)(=O)CC/C=C/CC(C)(C)C)C(C)(C)C.CC(CS(=O)(=O)CCCCCC(C)(C)C)C(C)(C)C.CC(CS(=O)(=O)CCCOCC(C)(C)C)C(C)(C)C. The Morgan fingerprint density at radius 1 is 0.259 bits per heavy atom. The number of sulfone groups is 7. The largest absolute Gasteiger partial charge is 0.381 e. The summed E-state index contributed by atoms with van der Waals surface area (Å²) in [4.78, 5) is 0. The number of hydrogen-bond acceptors (Lipinski definition) is 16. The Labute approximate surface area is 869 Å². The Balaban J connectivity index is -0.000000371. The zero-order valence-corrected chi connectivity index (χ0v) is 107. The minimum Gasteiger partial charge on any atom is -0.381 e. The van der Waals surface area contributed by atoms with E-state index in [2.05, 4.69) is 264 Å². The third kappa shape index (κ3) is 82.8. The van der Waals surface area contributed by atoms with Crippen LogP contribution >= 0.6 is 0 Å². The van der Waals surface area contributed by atoms with Crippen LogP contribution in [0.4, 0.5) is 0 Å². The summed E-state index contributed by atoms with van der Waals surface area (Å²) in [6, 6.07) is 8.43. The fourth-order valence-corrected chi connectivity index (χ4v) is 25.6. The molecule has 836 valence electrons. The number of rotatable bonds is 44. The molecule has 0 aromatic heterocycles. The highest BCUT2D eigenvalue weighted by Crippen LogP contribution is 2.38. The molecule has 3 atom stereocenters. The summed E-state index contributed by atoms with van der Waals surface area (Å²) in [6.07, 6.45) is 26.4. The number of allylic oxidation sites excluding steroid dienone is 4. The van der Waals surface area contributed by atoms with Crippen molar-refractivity contribution in [2.45, 2.75) is 507 Å². The third-order valence-corrected chi connectivity index (χ3v) is 42.7. The molecule has 0 aliphatic carbocycles. The standard InChI is InChI=1S/C19H32O2S.C17H36O2S.C17H34O2S.C16H34O3S.C16H34O2S.C16H32O2S.C15H32O3S/c1-17(2,3)13-15-9-11-16(12-10-15)19(7,8)14-22(20,21)18(4,5)6;2*1-15(2,3)12-10-9-11-13-17(7,8)14-20(18,19)16(4,5)6;1-14(2,3)12-19-11-9-10-16(7,8)13-20(17,18)15(4,5)6;2*1-14(16(5,6)7)13-19(17,18)12-10-8-9-11-15(2,3)4;1-13(15(5,6)7)11-19(16,17)10-8-9-18-12-14(2,3)4/h9-12H,13-14H2,1-8H3;9-14H2,1-8H3;9-10H,11-14H2,1-8H3;9-13H2,1-8H3;14H,8-13H2,1-7H3;8-9,14H,10-13H2,1-7H3;13H,8-12H2,1-7H3/b;;10-9+;;;9-8+;. The third-order valence-electron chi connectivity index (χ3n) is 24.9. The lowest BCUT2D eigenvalue weighted by Gasteiger charge is -2.30. The molecule has 1 aromatic carbocycles. The van der Waals surface area contributed by atoms with Gasteiger partial charge >= 0.3 is 0 Å². The molecule has 0 aliphatic rings. The molecule has 0 saturated heterocycles. The van der Waals surface area contributed by atoms with Gasteiger partial charge in [-0.2, -0.15) is 0 Å². The van der Waals surface area contributed by atoms with Crippen LogP contribution in [0.3, 0.4) is 0 Å². The van der Waals surface area contributed by atoms with Gasteiger partial charge < -0.3 is 9.47 Å². The van der Waals surface area contributed by atoms with Crippen LogP contribution in [0.2, 0.25) is 0 Å². The predicted molar refractivity (Wildman–Crippen MR) is 615 cm³/mol. The van der Waals surface area contributed by atoms with Gasteiger partial charge in [0.1, 0.15) is 0 Å². The lowest BCUT2D eigenvalue weighted by atomic mass is 9.83. The lowest BCUT2D eigenvalue weighted by Crippen LogP contribution is -2.38. The molecule has 0 radical (unpaired) electrons. The normalized spacial score (nSPS) is 15.0. The number of unbranched alkanes of at least 4 members (excludes halogenated alkanes) is 4. The molecule has 0 bridgehead atoms. The molecule has 3 unspecified atom stereocenters. The van der Waals surface area contributed by atoms with Crippen molar-refractivity contribution in [3.8, 4) is 0 Å². The highest BCUT2D eigenvalue weighted by molar-refractivity contribution is 7.94. The number of ether oxygens (including phenoxy) is 2. The van der Waals surface area contributed by atoms with E-state index in [4.69, 9.17) is 9.47 Å². The Kier molecular flexibility index (Phi) is 63.0. The average Bonchev–Trinajstić information content (AvgIpc) is 0.795. The van der Waals surface area contributed by atoms with Crippen LogP contribution in [0.15, 0.2) is 48.6 Å². The molecule has 139 heavy (non-hydrogen) atoms. The quantitative estimate of drug-likeness (QED) is 0.0434. The van der Waals surface area contributed by atoms with Crippen molar-refractivity contribution in [2.75, 3.05) is 84.0 Å². The van der Waals surface area contributed by atoms with E-state index in [1.807, 2.05) is 68.4 Å². The Morgan fingerprint density at radius 2 is 0.525 bits per heavy atom. The first-order valence-electron chi connectivity index (χ1n) is 52.7. The topological polar surface area (TPSA) is 257 Å². The van der Waals surface area contributed by atoms with Crippen LogP contribution < -0.4 is 0 Å². The maximum Gasteiger partial charge on any atom is 0.156 e. The van der Waals surface area contributed by atoms with Gasteiger partial charge in [0.15, 0.2) is 68.9 Å². The van der Waals surface area contributed by atoms with Crippen LogP contribution in [-0.2, 0) is 90.2 Å². The fourth-order valence-electron chi connectivity index (χ4n) is 13.2. The van der Waals surface area contributed by atoms with Gasteiger partial charge in [0.25, 0.3) is 0 Å². The maximum atomic E-state index is 12.5. The first-order valence-corrected chi connectivity index (χ1v) is 64.8. The average molecular weight is 2110 g/mol. The van der Waals surface area contributed by atoms with Crippen LogP contribution in [0, 0.1) is 88.1 Å². The summed E-state index contributed by atoms with van der Waals surface area (Å²) >= 11 is 0. The first-order chi connectivity index (χ1) is 60.6. The molecule has 0 aliphatic heterocycles. The summed E-state index contributed by atoms with van der Waals surface area (Å²) in [5, 5.41) is 0. The molecular formula is C116H234O16S7. The lowest BCUT2D eigenvalue weighted by molar-refractivity contribution is 0.0649. The minimum absolute atomic E-state index is 0.0375. The molecule has 0 spiro atoms. The highest BCUT2D eigenvalue weighted by Gasteiger charge is 2.40. The van der Waals surface area contributed by atoms with Gasteiger partial charge in [-0.05, 0) is 266 Å².